The Bertz CT molecular complexity index is 1200. The zero-order valence-corrected chi connectivity index (χ0v) is 19.7. The molecule has 0 atom stereocenters. The molecule has 3 aliphatic rings. The molecule has 1 spiro atoms. The van der Waals surface area contributed by atoms with Gasteiger partial charge in [-0.15, -0.1) is 0 Å². The maximum Gasteiger partial charge on any atom is 0.227 e. The highest BCUT2D eigenvalue weighted by atomic mass is 16.5. The number of hydrogen-bond donors (Lipinski definition) is 2. The molecule has 3 aliphatic heterocycles. The first-order chi connectivity index (χ1) is 16.5. The first kappa shape index (κ1) is 21.5. The number of rotatable bonds is 5. The minimum atomic E-state index is -0.283. The fraction of sp³-hybridized carbons (Fsp3) is 0.520. The van der Waals surface area contributed by atoms with Crippen molar-refractivity contribution < 1.29 is 9.84 Å². The van der Waals surface area contributed by atoms with Gasteiger partial charge in [-0.05, 0) is 48.3 Å². The van der Waals surface area contributed by atoms with Crippen LogP contribution < -0.4 is 15.1 Å². The second kappa shape index (κ2) is 8.32. The third kappa shape index (κ3) is 3.82. The second-order valence-corrected chi connectivity index (χ2v) is 10.0. The maximum absolute atomic E-state index is 9.74. The van der Waals surface area contributed by atoms with Gasteiger partial charge in [-0.1, -0.05) is 13.8 Å². The van der Waals surface area contributed by atoms with Crippen molar-refractivity contribution in [3.8, 4) is 0 Å². The number of aromatic nitrogens is 4. The molecule has 0 aliphatic carbocycles. The van der Waals surface area contributed by atoms with Gasteiger partial charge in [-0.3, -0.25) is 0 Å². The van der Waals surface area contributed by atoms with Crippen molar-refractivity contribution in [3.05, 3.63) is 36.3 Å². The predicted octanol–water partition coefficient (Wildman–Crippen LogP) is 3.23. The number of hydrogen-bond acceptors (Lipinski definition) is 9. The van der Waals surface area contributed by atoms with Crippen molar-refractivity contribution in [2.75, 3.05) is 47.9 Å². The van der Waals surface area contributed by atoms with E-state index in [0.717, 1.165) is 66.7 Å². The van der Waals surface area contributed by atoms with Gasteiger partial charge in [0, 0.05) is 50.2 Å². The summed E-state index contributed by atoms with van der Waals surface area (Å²) in [6, 6.07) is 3.95. The average molecular weight is 462 g/mol. The molecule has 3 saturated heterocycles. The zero-order valence-electron chi connectivity index (χ0n) is 19.7. The quantitative estimate of drug-likeness (QED) is 0.593. The van der Waals surface area contributed by atoms with Crippen LogP contribution in [0.4, 0.5) is 23.4 Å². The molecular weight excluding hydrogens is 430 g/mol. The topological polar surface area (TPSA) is 99.5 Å². The normalized spacial score (nSPS) is 20.0. The Labute approximate surface area is 199 Å². The second-order valence-electron chi connectivity index (χ2n) is 10.0. The van der Waals surface area contributed by atoms with Crippen molar-refractivity contribution in [1.82, 2.24) is 19.9 Å². The summed E-state index contributed by atoms with van der Waals surface area (Å²) in [4.78, 5) is 23.0. The molecule has 6 heterocycles. The molecule has 0 amide bonds. The van der Waals surface area contributed by atoms with Crippen LogP contribution in [0.15, 0.2) is 30.7 Å². The summed E-state index contributed by atoms with van der Waals surface area (Å²) in [5.41, 5.74) is 1.28. The standard InChI is InChI=1S/C25H31N7O2/c1-16(2)19-12-28-23(32-14-17(33)15-32)20-13-27-22(11-18(19)20)29-21-3-7-26-24(30-21)31-8-4-25(5-9-31)6-10-34-25/h3,7,11-13,16-17,33H,4-6,8-10,14-15H2,1-2H3,(H,26,27,29,30). The Morgan fingerprint density at radius 2 is 1.82 bits per heavy atom. The minimum Gasteiger partial charge on any atom is -0.389 e. The van der Waals surface area contributed by atoms with Crippen LogP contribution >= 0.6 is 0 Å². The van der Waals surface area contributed by atoms with Crippen LogP contribution in [0.5, 0.6) is 0 Å². The molecule has 6 rings (SSSR count). The van der Waals surface area contributed by atoms with E-state index in [2.05, 4.69) is 45.0 Å². The van der Waals surface area contributed by atoms with E-state index in [0.29, 0.717) is 19.0 Å². The van der Waals surface area contributed by atoms with Crippen LogP contribution in [0.3, 0.4) is 0 Å². The van der Waals surface area contributed by atoms with Gasteiger partial charge in [0.25, 0.3) is 0 Å². The van der Waals surface area contributed by atoms with Gasteiger partial charge >= 0.3 is 0 Å². The van der Waals surface area contributed by atoms with Crippen LogP contribution in [-0.4, -0.2) is 69.5 Å². The SMILES string of the molecule is CC(C)c1cnc(N2CC(O)C2)c2cnc(Nc3ccnc(N4CCC5(CCO5)CC4)n3)cc12. The summed E-state index contributed by atoms with van der Waals surface area (Å²) in [6.45, 7) is 8.28. The molecule has 2 N–H and O–H groups in total. The van der Waals surface area contributed by atoms with E-state index in [1.165, 1.54) is 12.0 Å². The molecule has 0 radical (unpaired) electrons. The van der Waals surface area contributed by atoms with E-state index in [4.69, 9.17) is 14.7 Å². The first-order valence-electron chi connectivity index (χ1n) is 12.2. The largest absolute Gasteiger partial charge is 0.389 e. The Hall–Kier alpha value is -3.04. The number of pyridine rings is 2. The lowest BCUT2D eigenvalue weighted by molar-refractivity contribution is -0.158. The maximum atomic E-state index is 9.74. The van der Waals surface area contributed by atoms with Crippen LogP contribution in [0, 0.1) is 0 Å². The summed E-state index contributed by atoms with van der Waals surface area (Å²) < 4.78 is 5.84. The molecule has 9 heteroatoms. The van der Waals surface area contributed by atoms with Gasteiger partial charge < -0.3 is 25.0 Å². The smallest absolute Gasteiger partial charge is 0.227 e. The number of fused-ring (bicyclic) bond motifs is 1. The highest BCUT2D eigenvalue weighted by molar-refractivity contribution is 5.96. The summed E-state index contributed by atoms with van der Waals surface area (Å²) >= 11 is 0. The van der Waals surface area contributed by atoms with Gasteiger partial charge in [-0.2, -0.15) is 4.98 Å². The molecule has 178 valence electrons. The first-order valence-corrected chi connectivity index (χ1v) is 12.2. The lowest BCUT2D eigenvalue weighted by Gasteiger charge is -2.47. The van der Waals surface area contributed by atoms with E-state index in [9.17, 15) is 5.11 Å². The Morgan fingerprint density at radius 3 is 2.50 bits per heavy atom. The van der Waals surface area contributed by atoms with E-state index < -0.39 is 0 Å². The predicted molar refractivity (Wildman–Crippen MR) is 132 cm³/mol. The molecule has 0 saturated carbocycles. The highest BCUT2D eigenvalue weighted by Crippen LogP contribution is 2.38. The molecule has 0 bridgehead atoms. The van der Waals surface area contributed by atoms with E-state index in [1.54, 1.807) is 6.20 Å². The summed E-state index contributed by atoms with van der Waals surface area (Å²) in [6.07, 6.45) is 8.58. The van der Waals surface area contributed by atoms with Crippen molar-refractivity contribution in [2.24, 2.45) is 0 Å². The lowest BCUT2D eigenvalue weighted by atomic mass is 9.84. The number of β-amino-alcohol motifs (C(OH)–C–C–N with tert-alkyl or cyclic N) is 1. The molecule has 3 aromatic heterocycles. The van der Waals surface area contributed by atoms with Crippen molar-refractivity contribution >= 4 is 34.2 Å². The number of aliphatic hydroxyl groups excluding tert-OH is 1. The molecule has 9 nitrogen and oxygen atoms in total. The van der Waals surface area contributed by atoms with Gasteiger partial charge in [0.2, 0.25) is 5.95 Å². The molecule has 0 aromatic carbocycles. The number of piperidine rings is 1. The summed E-state index contributed by atoms with van der Waals surface area (Å²) in [5, 5.41) is 15.2. The number of anilines is 4. The number of nitrogens with zero attached hydrogens (tertiary/aromatic N) is 6. The molecule has 3 aromatic rings. The summed E-state index contributed by atoms with van der Waals surface area (Å²) in [5.74, 6) is 3.41. The lowest BCUT2D eigenvalue weighted by Crippen LogP contribution is -2.52. The molecule has 3 fully saturated rings. The van der Waals surface area contributed by atoms with Crippen LogP contribution in [-0.2, 0) is 4.74 Å². The number of nitrogens with one attached hydrogen (secondary N) is 1. The van der Waals surface area contributed by atoms with Gasteiger partial charge in [0.15, 0.2) is 0 Å². The van der Waals surface area contributed by atoms with E-state index in [1.807, 2.05) is 18.5 Å². The fourth-order valence-corrected chi connectivity index (χ4v) is 5.15. The number of ether oxygens (including phenoxy) is 1. The monoisotopic (exact) mass is 461 g/mol. The molecule has 34 heavy (non-hydrogen) atoms. The van der Waals surface area contributed by atoms with Crippen molar-refractivity contribution in [2.45, 2.75) is 50.7 Å². The minimum absolute atomic E-state index is 0.108. The Kier molecular flexibility index (Phi) is 5.26. The molecule has 0 unspecified atom stereocenters. The van der Waals surface area contributed by atoms with Crippen LogP contribution in [0.1, 0.15) is 44.6 Å². The van der Waals surface area contributed by atoms with Gasteiger partial charge in [0.1, 0.15) is 17.5 Å². The van der Waals surface area contributed by atoms with E-state index >= 15 is 0 Å². The number of aliphatic hydroxyl groups is 1. The van der Waals surface area contributed by atoms with Crippen LogP contribution in [0.2, 0.25) is 0 Å². The third-order valence-electron chi connectivity index (χ3n) is 7.39. The Balaban J connectivity index is 1.25. The van der Waals surface area contributed by atoms with Crippen LogP contribution in [0.25, 0.3) is 10.8 Å². The van der Waals surface area contributed by atoms with Crippen molar-refractivity contribution in [1.29, 1.82) is 0 Å². The van der Waals surface area contributed by atoms with Gasteiger partial charge in [0.05, 0.1) is 18.3 Å². The highest BCUT2D eigenvalue weighted by Gasteiger charge is 2.41. The Morgan fingerprint density at radius 1 is 1.03 bits per heavy atom. The average Bonchev–Trinajstić information content (AvgIpc) is 2.80. The fourth-order valence-electron chi connectivity index (χ4n) is 5.15. The zero-order chi connectivity index (χ0) is 23.3. The summed E-state index contributed by atoms with van der Waals surface area (Å²) in [7, 11) is 0. The van der Waals surface area contributed by atoms with Crippen molar-refractivity contribution in [3.63, 3.8) is 0 Å². The van der Waals surface area contributed by atoms with E-state index in [-0.39, 0.29) is 11.7 Å². The molecular formula is C25H31N7O2. The third-order valence-corrected chi connectivity index (χ3v) is 7.39. The van der Waals surface area contributed by atoms with Gasteiger partial charge in [-0.25, -0.2) is 15.0 Å².